The average Bonchev–Trinajstić information content (AvgIpc) is 3.28. The van der Waals surface area contributed by atoms with Crippen LogP contribution in [0.2, 0.25) is 0 Å². The second-order valence-electron chi connectivity index (χ2n) is 6.49. The summed E-state index contributed by atoms with van der Waals surface area (Å²) in [6.07, 6.45) is 3.81. The van der Waals surface area contributed by atoms with Crippen molar-refractivity contribution >= 4 is 0 Å². The average molecular weight is 275 g/mol. The second kappa shape index (κ2) is 7.24. The molecule has 0 spiro atoms. The Kier molecular flexibility index (Phi) is 5.62. The third kappa shape index (κ3) is 4.32. The van der Waals surface area contributed by atoms with Gasteiger partial charge < -0.3 is 10.1 Å². The summed E-state index contributed by atoms with van der Waals surface area (Å²) in [4.78, 5) is 0. The molecule has 0 aliphatic heterocycles. The quantitative estimate of drug-likeness (QED) is 0.741. The molecule has 2 heteroatoms. The van der Waals surface area contributed by atoms with Gasteiger partial charge in [0, 0.05) is 24.6 Å². The maximum absolute atomic E-state index is 6.06. The van der Waals surface area contributed by atoms with Crippen LogP contribution in [0.1, 0.15) is 45.6 Å². The number of benzene rings is 1. The maximum atomic E-state index is 6.06. The highest BCUT2D eigenvalue weighted by Crippen LogP contribution is 2.32. The predicted molar refractivity (Wildman–Crippen MR) is 85.1 cm³/mol. The van der Waals surface area contributed by atoms with E-state index in [0.29, 0.717) is 6.04 Å². The molecule has 2 rings (SSSR count). The monoisotopic (exact) mass is 275 g/mol. The zero-order valence-corrected chi connectivity index (χ0v) is 13.2. The van der Waals surface area contributed by atoms with Gasteiger partial charge in [-0.2, -0.15) is 0 Å². The molecule has 1 atom stereocenters. The third-order valence-corrected chi connectivity index (χ3v) is 4.34. The van der Waals surface area contributed by atoms with E-state index in [1.54, 1.807) is 0 Å². The van der Waals surface area contributed by atoms with Gasteiger partial charge in [-0.25, -0.2) is 0 Å². The molecule has 0 amide bonds. The fraction of sp³-hybridized carbons (Fsp3) is 0.667. The van der Waals surface area contributed by atoms with Crippen molar-refractivity contribution in [1.29, 1.82) is 0 Å². The molecule has 1 unspecified atom stereocenters. The van der Waals surface area contributed by atoms with E-state index < -0.39 is 0 Å². The first-order chi connectivity index (χ1) is 9.66. The van der Waals surface area contributed by atoms with Crippen molar-refractivity contribution < 1.29 is 4.74 Å². The summed E-state index contributed by atoms with van der Waals surface area (Å²) >= 11 is 0. The predicted octanol–water partition coefficient (Wildman–Crippen LogP) is 3.76. The lowest BCUT2D eigenvalue weighted by Crippen LogP contribution is -2.44. The van der Waals surface area contributed by atoms with Crippen LogP contribution in [0.4, 0.5) is 0 Å². The zero-order valence-electron chi connectivity index (χ0n) is 13.2. The van der Waals surface area contributed by atoms with Gasteiger partial charge in [0.15, 0.2) is 0 Å². The molecule has 1 aromatic carbocycles. The minimum atomic E-state index is 0.0976. The molecule has 112 valence electrons. The Morgan fingerprint density at radius 1 is 1.25 bits per heavy atom. The topological polar surface area (TPSA) is 21.3 Å². The molecule has 2 nitrogen and oxygen atoms in total. The Morgan fingerprint density at radius 3 is 2.50 bits per heavy atom. The van der Waals surface area contributed by atoms with Crippen LogP contribution in [0.3, 0.4) is 0 Å². The van der Waals surface area contributed by atoms with Crippen molar-refractivity contribution in [3.05, 3.63) is 35.9 Å². The van der Waals surface area contributed by atoms with E-state index in [2.05, 4.69) is 56.4 Å². The van der Waals surface area contributed by atoms with Crippen molar-refractivity contribution in [1.82, 2.24) is 5.32 Å². The number of hydrogen-bond donors (Lipinski definition) is 1. The van der Waals surface area contributed by atoms with E-state index in [-0.39, 0.29) is 5.41 Å². The van der Waals surface area contributed by atoms with Gasteiger partial charge in [0.1, 0.15) is 0 Å². The van der Waals surface area contributed by atoms with Gasteiger partial charge >= 0.3 is 0 Å². The highest BCUT2D eigenvalue weighted by molar-refractivity contribution is 5.26. The van der Waals surface area contributed by atoms with Crippen molar-refractivity contribution in [3.63, 3.8) is 0 Å². The van der Waals surface area contributed by atoms with Crippen molar-refractivity contribution in [2.24, 2.45) is 5.92 Å². The molecule has 1 fully saturated rings. The summed E-state index contributed by atoms with van der Waals surface area (Å²) in [6.45, 7) is 9.43. The van der Waals surface area contributed by atoms with Gasteiger partial charge in [0.25, 0.3) is 0 Å². The lowest BCUT2D eigenvalue weighted by Gasteiger charge is -2.34. The van der Waals surface area contributed by atoms with Crippen LogP contribution in [0, 0.1) is 5.92 Å². The Morgan fingerprint density at radius 2 is 1.95 bits per heavy atom. The van der Waals surface area contributed by atoms with E-state index in [1.165, 1.54) is 18.4 Å². The van der Waals surface area contributed by atoms with Crippen LogP contribution < -0.4 is 5.32 Å². The molecular formula is C18H29NO. The molecule has 0 saturated heterocycles. The normalized spacial score (nSPS) is 18.2. The molecule has 0 heterocycles. The van der Waals surface area contributed by atoms with Gasteiger partial charge in [-0.3, -0.25) is 0 Å². The molecule has 0 radical (unpaired) electrons. The van der Waals surface area contributed by atoms with E-state index >= 15 is 0 Å². The molecule has 20 heavy (non-hydrogen) atoms. The van der Waals surface area contributed by atoms with Crippen LogP contribution in [0.5, 0.6) is 0 Å². The van der Waals surface area contributed by atoms with E-state index in [9.17, 15) is 0 Å². The number of rotatable bonds is 9. The number of ether oxygens (including phenoxy) is 1. The summed E-state index contributed by atoms with van der Waals surface area (Å²) < 4.78 is 6.06. The first kappa shape index (κ1) is 15.5. The lowest BCUT2D eigenvalue weighted by molar-refractivity contribution is 0.0711. The van der Waals surface area contributed by atoms with Crippen LogP contribution in [-0.4, -0.2) is 25.8 Å². The van der Waals surface area contributed by atoms with Gasteiger partial charge in [0.2, 0.25) is 0 Å². The first-order valence-corrected chi connectivity index (χ1v) is 8.03. The fourth-order valence-electron chi connectivity index (χ4n) is 2.56. The number of hydrogen-bond acceptors (Lipinski definition) is 2. The minimum absolute atomic E-state index is 0.0976. The minimum Gasteiger partial charge on any atom is -0.380 e. The fourth-order valence-corrected chi connectivity index (χ4v) is 2.56. The number of nitrogens with one attached hydrogen (secondary N) is 1. The standard InChI is InChI=1S/C18H29NO/c1-4-18(13-19-15(2)3,14-20-12-16-10-11-16)17-8-6-5-7-9-17/h5-9,15-16,19H,4,10-14H2,1-3H3. The Labute approximate surface area is 123 Å². The Balaban J connectivity index is 2.06. The van der Waals surface area contributed by atoms with Crippen molar-refractivity contribution in [2.45, 2.75) is 51.5 Å². The highest BCUT2D eigenvalue weighted by atomic mass is 16.5. The summed E-state index contributed by atoms with van der Waals surface area (Å²) in [7, 11) is 0. The van der Waals surface area contributed by atoms with E-state index in [4.69, 9.17) is 4.74 Å². The molecule has 0 bridgehead atoms. The zero-order chi connectivity index (χ0) is 14.4. The Hall–Kier alpha value is -0.860. The lowest BCUT2D eigenvalue weighted by atomic mass is 9.78. The second-order valence-corrected chi connectivity index (χ2v) is 6.49. The maximum Gasteiger partial charge on any atom is 0.0575 e. The van der Waals surface area contributed by atoms with E-state index in [1.807, 2.05) is 0 Å². The first-order valence-electron chi connectivity index (χ1n) is 8.03. The SMILES string of the molecule is CCC(CNC(C)C)(COCC1CC1)c1ccccc1. The largest absolute Gasteiger partial charge is 0.380 e. The van der Waals surface area contributed by atoms with Crippen LogP contribution in [0.25, 0.3) is 0 Å². The Bertz CT molecular complexity index is 386. The highest BCUT2D eigenvalue weighted by Gasteiger charge is 2.32. The molecule has 1 saturated carbocycles. The molecule has 1 aliphatic rings. The van der Waals surface area contributed by atoms with Gasteiger partial charge in [-0.1, -0.05) is 51.1 Å². The third-order valence-electron chi connectivity index (χ3n) is 4.34. The van der Waals surface area contributed by atoms with E-state index in [0.717, 1.165) is 32.1 Å². The van der Waals surface area contributed by atoms with Gasteiger partial charge in [-0.15, -0.1) is 0 Å². The summed E-state index contributed by atoms with van der Waals surface area (Å²) in [5.41, 5.74) is 1.49. The molecule has 1 aromatic rings. The molecule has 0 aromatic heterocycles. The molecule has 1 aliphatic carbocycles. The van der Waals surface area contributed by atoms with Crippen LogP contribution in [0.15, 0.2) is 30.3 Å². The van der Waals surface area contributed by atoms with Crippen LogP contribution in [-0.2, 0) is 10.2 Å². The smallest absolute Gasteiger partial charge is 0.0575 e. The summed E-state index contributed by atoms with van der Waals surface area (Å²) in [5, 5.41) is 3.61. The molecule has 1 N–H and O–H groups in total. The van der Waals surface area contributed by atoms with Crippen molar-refractivity contribution in [2.75, 3.05) is 19.8 Å². The van der Waals surface area contributed by atoms with Gasteiger partial charge in [0.05, 0.1) is 6.61 Å². The molecular weight excluding hydrogens is 246 g/mol. The van der Waals surface area contributed by atoms with Crippen LogP contribution >= 0.6 is 0 Å². The van der Waals surface area contributed by atoms with Gasteiger partial charge in [-0.05, 0) is 30.7 Å². The van der Waals surface area contributed by atoms with Crippen molar-refractivity contribution in [3.8, 4) is 0 Å². The summed E-state index contributed by atoms with van der Waals surface area (Å²) in [6, 6.07) is 11.3. The summed E-state index contributed by atoms with van der Waals surface area (Å²) in [5.74, 6) is 0.832.